The Morgan fingerprint density at radius 2 is 2.24 bits per heavy atom. The lowest BCUT2D eigenvalue weighted by Gasteiger charge is -2.25. The normalized spacial score (nSPS) is 19.7. The van der Waals surface area contributed by atoms with Gasteiger partial charge in [0.25, 0.3) is 0 Å². The van der Waals surface area contributed by atoms with Crippen molar-refractivity contribution >= 4 is 18.0 Å². The molecule has 0 aromatic heterocycles. The zero-order valence-electron chi connectivity index (χ0n) is 9.68. The van der Waals surface area contributed by atoms with E-state index < -0.39 is 0 Å². The second kappa shape index (κ2) is 5.77. The lowest BCUT2D eigenvalue weighted by molar-refractivity contribution is -0.104. The largest absolute Gasteiger partial charge is 0.479 e. The van der Waals surface area contributed by atoms with E-state index >= 15 is 0 Å². The summed E-state index contributed by atoms with van der Waals surface area (Å²) < 4.78 is 5.39. The van der Waals surface area contributed by atoms with Gasteiger partial charge in [-0.1, -0.05) is 30.3 Å². The van der Waals surface area contributed by atoms with E-state index in [0.717, 1.165) is 12.8 Å². The number of rotatable bonds is 4. The van der Waals surface area contributed by atoms with Gasteiger partial charge in [-0.25, -0.2) is 0 Å². The Morgan fingerprint density at radius 3 is 2.88 bits per heavy atom. The number of hydrogen-bond donors (Lipinski definition) is 1. The van der Waals surface area contributed by atoms with E-state index in [1.165, 1.54) is 5.56 Å². The van der Waals surface area contributed by atoms with Crippen LogP contribution < -0.4 is 5.32 Å². The molecule has 0 amide bonds. The molecule has 17 heavy (non-hydrogen) atoms. The van der Waals surface area contributed by atoms with Crippen molar-refractivity contribution in [1.82, 2.24) is 5.32 Å². The number of carbonyl (C=O) groups is 1. The maximum Gasteiger partial charge on any atom is 0.204 e. The van der Waals surface area contributed by atoms with Crippen LogP contribution in [0.25, 0.3) is 0 Å². The Balaban J connectivity index is 2.15. The fraction of sp³-hybridized carbons (Fsp3) is 0.308. The average Bonchev–Trinajstić information content (AvgIpc) is 2.40. The number of nitrogens with one attached hydrogen (secondary N) is 1. The van der Waals surface area contributed by atoms with Gasteiger partial charge in [-0.3, -0.25) is 4.79 Å². The zero-order chi connectivity index (χ0) is 12.1. The zero-order valence-corrected chi connectivity index (χ0v) is 10.5. The van der Waals surface area contributed by atoms with Gasteiger partial charge in [-0.2, -0.15) is 0 Å². The van der Waals surface area contributed by atoms with E-state index in [0.29, 0.717) is 17.4 Å². The first-order valence-electron chi connectivity index (χ1n) is 5.63. The van der Waals surface area contributed by atoms with E-state index in [9.17, 15) is 4.79 Å². The summed E-state index contributed by atoms with van der Waals surface area (Å²) in [5.41, 5.74) is 1.22. The number of carbonyl (C=O) groups excluding carboxylic acids is 1. The molecule has 0 spiro atoms. The summed E-state index contributed by atoms with van der Waals surface area (Å²) in [6.07, 6.45) is 0.859. The molecule has 1 atom stereocenters. The molecule has 1 aromatic carbocycles. The number of hydrogen-bond acceptors (Lipinski definition) is 4. The van der Waals surface area contributed by atoms with Crippen LogP contribution in [0.4, 0.5) is 0 Å². The summed E-state index contributed by atoms with van der Waals surface area (Å²) in [7, 11) is 0. The van der Waals surface area contributed by atoms with E-state index in [1.807, 2.05) is 25.1 Å². The monoisotopic (exact) mass is 249 g/mol. The molecular weight excluding hydrogens is 234 g/mol. The molecule has 4 heteroatoms. The van der Waals surface area contributed by atoms with E-state index in [1.54, 1.807) is 11.8 Å². The molecule has 1 aromatic rings. The molecule has 2 rings (SSSR count). The molecule has 1 heterocycles. The third kappa shape index (κ3) is 2.82. The second-order valence-electron chi connectivity index (χ2n) is 3.64. The molecule has 0 radical (unpaired) electrons. The SMILES string of the molecule is CCOC1=C(C=O)SC(c2ccccc2)CN1. The molecule has 0 saturated heterocycles. The molecule has 3 nitrogen and oxygen atoms in total. The van der Waals surface area contributed by atoms with Crippen LogP contribution in [-0.2, 0) is 9.53 Å². The van der Waals surface area contributed by atoms with Crippen molar-refractivity contribution in [2.24, 2.45) is 0 Å². The molecule has 1 aliphatic heterocycles. The molecule has 0 aliphatic carbocycles. The molecule has 90 valence electrons. The highest BCUT2D eigenvalue weighted by atomic mass is 32.2. The van der Waals surface area contributed by atoms with Crippen molar-refractivity contribution < 1.29 is 9.53 Å². The van der Waals surface area contributed by atoms with Crippen molar-refractivity contribution in [3.05, 3.63) is 46.7 Å². The van der Waals surface area contributed by atoms with Crippen molar-refractivity contribution in [2.45, 2.75) is 12.2 Å². The van der Waals surface area contributed by atoms with E-state index in [2.05, 4.69) is 17.4 Å². The van der Waals surface area contributed by atoms with Crippen LogP contribution in [0.5, 0.6) is 0 Å². The minimum Gasteiger partial charge on any atom is -0.479 e. The standard InChI is InChI=1S/C13H15NO2S/c1-2-16-13-12(9-15)17-11(8-14-13)10-6-4-3-5-7-10/h3-7,9,11,14H,2,8H2,1H3. The van der Waals surface area contributed by atoms with Crippen LogP contribution in [0.3, 0.4) is 0 Å². The lowest BCUT2D eigenvalue weighted by atomic mass is 10.1. The number of benzene rings is 1. The molecule has 0 fully saturated rings. The molecule has 0 bridgehead atoms. The first-order chi connectivity index (χ1) is 8.35. The van der Waals surface area contributed by atoms with Gasteiger partial charge in [-0.15, -0.1) is 11.8 Å². The van der Waals surface area contributed by atoms with Crippen molar-refractivity contribution in [3.8, 4) is 0 Å². The molecule has 0 saturated carbocycles. The Bertz CT molecular complexity index is 417. The van der Waals surface area contributed by atoms with Gasteiger partial charge in [-0.05, 0) is 12.5 Å². The quantitative estimate of drug-likeness (QED) is 0.832. The van der Waals surface area contributed by atoms with Crippen LogP contribution >= 0.6 is 11.8 Å². The van der Waals surface area contributed by atoms with Gasteiger partial charge in [0.2, 0.25) is 5.88 Å². The fourth-order valence-electron chi connectivity index (χ4n) is 1.72. The number of allylic oxidation sites excluding steroid dienone is 1. The van der Waals surface area contributed by atoms with Crippen LogP contribution in [0, 0.1) is 0 Å². The summed E-state index contributed by atoms with van der Waals surface area (Å²) in [5.74, 6) is 0.611. The van der Waals surface area contributed by atoms with Crippen LogP contribution in [0.2, 0.25) is 0 Å². The third-order valence-electron chi connectivity index (χ3n) is 2.51. The smallest absolute Gasteiger partial charge is 0.204 e. The maximum absolute atomic E-state index is 11.0. The highest BCUT2D eigenvalue weighted by Gasteiger charge is 2.23. The van der Waals surface area contributed by atoms with E-state index in [4.69, 9.17) is 4.74 Å². The third-order valence-corrected chi connectivity index (χ3v) is 3.77. The number of thioether (sulfide) groups is 1. The predicted molar refractivity (Wildman–Crippen MR) is 69.5 cm³/mol. The summed E-state index contributed by atoms with van der Waals surface area (Å²) in [6, 6.07) is 10.2. The predicted octanol–water partition coefficient (Wildman–Crippen LogP) is 2.47. The minimum atomic E-state index is 0.264. The molecule has 1 unspecified atom stereocenters. The topological polar surface area (TPSA) is 38.3 Å². The van der Waals surface area contributed by atoms with Gasteiger partial charge in [0.05, 0.1) is 11.9 Å². The van der Waals surface area contributed by atoms with Crippen molar-refractivity contribution in [3.63, 3.8) is 0 Å². The summed E-state index contributed by atoms with van der Waals surface area (Å²) in [4.78, 5) is 11.7. The number of aldehydes is 1. The maximum atomic E-state index is 11.0. The molecule has 1 aliphatic rings. The minimum absolute atomic E-state index is 0.264. The fourth-order valence-corrected chi connectivity index (χ4v) is 2.78. The van der Waals surface area contributed by atoms with Gasteiger partial charge in [0, 0.05) is 6.54 Å². The van der Waals surface area contributed by atoms with Crippen molar-refractivity contribution in [2.75, 3.05) is 13.2 Å². The van der Waals surface area contributed by atoms with Crippen LogP contribution in [0.15, 0.2) is 41.1 Å². The molecular formula is C13H15NO2S. The average molecular weight is 249 g/mol. The van der Waals surface area contributed by atoms with Gasteiger partial charge in [0.15, 0.2) is 6.29 Å². The Kier molecular flexibility index (Phi) is 4.09. The second-order valence-corrected chi connectivity index (χ2v) is 4.89. The highest BCUT2D eigenvalue weighted by Crippen LogP contribution is 2.37. The van der Waals surface area contributed by atoms with Gasteiger partial charge in [0.1, 0.15) is 4.91 Å². The summed E-state index contributed by atoms with van der Waals surface area (Å²) >= 11 is 1.56. The Morgan fingerprint density at radius 1 is 1.47 bits per heavy atom. The lowest BCUT2D eigenvalue weighted by Crippen LogP contribution is -2.27. The first kappa shape index (κ1) is 12.0. The van der Waals surface area contributed by atoms with Crippen LogP contribution in [0.1, 0.15) is 17.7 Å². The summed E-state index contributed by atoms with van der Waals surface area (Å²) in [5, 5.41) is 3.44. The van der Waals surface area contributed by atoms with Gasteiger partial charge >= 0.3 is 0 Å². The van der Waals surface area contributed by atoms with Gasteiger partial charge < -0.3 is 10.1 Å². The van der Waals surface area contributed by atoms with Crippen LogP contribution in [-0.4, -0.2) is 19.4 Å². The Hall–Kier alpha value is -1.42. The Labute approximate surface area is 105 Å². The van der Waals surface area contributed by atoms with Crippen molar-refractivity contribution in [1.29, 1.82) is 0 Å². The number of ether oxygens (including phenoxy) is 1. The highest BCUT2D eigenvalue weighted by molar-refractivity contribution is 8.04. The molecule has 1 N–H and O–H groups in total. The summed E-state index contributed by atoms with van der Waals surface area (Å²) in [6.45, 7) is 3.25. The first-order valence-corrected chi connectivity index (χ1v) is 6.50. The van der Waals surface area contributed by atoms with E-state index in [-0.39, 0.29) is 5.25 Å².